The molecule has 1 aromatic heterocycles. The van der Waals surface area contributed by atoms with E-state index in [0.717, 1.165) is 25.9 Å². The zero-order valence-electron chi connectivity index (χ0n) is 15.0. The molecule has 2 atom stereocenters. The minimum atomic E-state index is -0.0699. The molecule has 3 heterocycles. The summed E-state index contributed by atoms with van der Waals surface area (Å²) in [6, 6.07) is 3.74. The van der Waals surface area contributed by atoms with Crippen LogP contribution in [0.15, 0.2) is 16.5 Å². The largest absolute Gasteiger partial charge is 0.453 e. The SMILES string of the molecule is CNCCN1C(=O)CC[C@H]2CN(C(=O)c3ccc(COC)o3)CC[C@H]21. The predicted molar refractivity (Wildman–Crippen MR) is 92.1 cm³/mol. The number of fused-ring (bicyclic) bond motifs is 1. The van der Waals surface area contributed by atoms with E-state index in [9.17, 15) is 9.59 Å². The van der Waals surface area contributed by atoms with Crippen molar-refractivity contribution < 1.29 is 18.7 Å². The minimum Gasteiger partial charge on any atom is -0.453 e. The summed E-state index contributed by atoms with van der Waals surface area (Å²) in [6.07, 6.45) is 2.26. The molecule has 0 bridgehead atoms. The molecule has 2 aliphatic rings. The lowest BCUT2D eigenvalue weighted by molar-refractivity contribution is -0.140. The average Bonchev–Trinajstić information content (AvgIpc) is 3.09. The maximum atomic E-state index is 12.7. The van der Waals surface area contributed by atoms with Crippen LogP contribution in [0.25, 0.3) is 0 Å². The van der Waals surface area contributed by atoms with Crippen molar-refractivity contribution in [2.75, 3.05) is 40.3 Å². The highest BCUT2D eigenvalue weighted by atomic mass is 16.5. The van der Waals surface area contributed by atoms with Crippen LogP contribution in [0.3, 0.4) is 0 Å². The molecule has 1 N–H and O–H groups in total. The molecule has 0 radical (unpaired) electrons. The van der Waals surface area contributed by atoms with Crippen molar-refractivity contribution in [3.05, 3.63) is 23.7 Å². The summed E-state index contributed by atoms with van der Waals surface area (Å²) < 4.78 is 10.6. The number of amides is 2. The Morgan fingerprint density at radius 1 is 1.40 bits per heavy atom. The van der Waals surface area contributed by atoms with Gasteiger partial charge in [0.15, 0.2) is 5.76 Å². The van der Waals surface area contributed by atoms with Gasteiger partial charge in [0.05, 0.1) is 0 Å². The van der Waals surface area contributed by atoms with Crippen LogP contribution >= 0.6 is 0 Å². The monoisotopic (exact) mass is 349 g/mol. The standard InChI is InChI=1S/C18H27N3O4/c1-19-8-10-21-15-7-9-20(11-13(15)3-6-17(21)22)18(23)16-5-4-14(25-16)12-24-2/h4-5,13,15,19H,3,6-12H2,1-2H3/t13-,15+/m0/s1. The van der Waals surface area contributed by atoms with Crippen molar-refractivity contribution in [2.24, 2.45) is 5.92 Å². The van der Waals surface area contributed by atoms with Crippen LogP contribution in [0.1, 0.15) is 35.6 Å². The summed E-state index contributed by atoms with van der Waals surface area (Å²) in [6.45, 7) is 3.24. The van der Waals surface area contributed by atoms with Crippen molar-refractivity contribution in [3.8, 4) is 0 Å². The van der Waals surface area contributed by atoms with Gasteiger partial charge >= 0.3 is 0 Å². The number of nitrogens with zero attached hydrogens (tertiary/aromatic N) is 2. The molecular formula is C18H27N3O4. The van der Waals surface area contributed by atoms with Crippen molar-refractivity contribution in [1.29, 1.82) is 0 Å². The van der Waals surface area contributed by atoms with Gasteiger partial charge < -0.3 is 24.3 Å². The number of nitrogens with one attached hydrogen (secondary N) is 1. The van der Waals surface area contributed by atoms with Gasteiger partial charge in [0.2, 0.25) is 5.91 Å². The second kappa shape index (κ2) is 8.01. The van der Waals surface area contributed by atoms with Gasteiger partial charge in [0.1, 0.15) is 12.4 Å². The van der Waals surface area contributed by atoms with E-state index < -0.39 is 0 Å². The first-order chi connectivity index (χ1) is 12.1. The van der Waals surface area contributed by atoms with Crippen LogP contribution in [0.5, 0.6) is 0 Å². The minimum absolute atomic E-state index is 0.0699. The molecule has 7 nitrogen and oxygen atoms in total. The molecule has 2 fully saturated rings. The quantitative estimate of drug-likeness (QED) is 0.832. The Balaban J connectivity index is 1.64. The molecule has 3 rings (SSSR count). The third-order valence-corrected chi connectivity index (χ3v) is 5.19. The van der Waals surface area contributed by atoms with Crippen LogP contribution in [0, 0.1) is 5.92 Å². The highest BCUT2D eigenvalue weighted by molar-refractivity contribution is 5.91. The highest BCUT2D eigenvalue weighted by Gasteiger charge is 2.40. The van der Waals surface area contributed by atoms with Crippen molar-refractivity contribution in [3.63, 3.8) is 0 Å². The molecule has 1 aromatic rings. The first-order valence-corrected chi connectivity index (χ1v) is 8.95. The number of furan rings is 1. The summed E-state index contributed by atoms with van der Waals surface area (Å²) in [4.78, 5) is 28.8. The van der Waals surface area contributed by atoms with E-state index >= 15 is 0 Å². The molecule has 138 valence electrons. The van der Waals surface area contributed by atoms with Gasteiger partial charge in [0, 0.05) is 45.8 Å². The number of likely N-dealkylation sites (tertiary alicyclic amines) is 2. The van der Waals surface area contributed by atoms with Crippen molar-refractivity contribution >= 4 is 11.8 Å². The Hall–Kier alpha value is -1.86. The summed E-state index contributed by atoms with van der Waals surface area (Å²) in [5.41, 5.74) is 0. The number of carbonyl (C=O) groups excluding carboxylic acids is 2. The van der Waals surface area contributed by atoms with Gasteiger partial charge in [-0.3, -0.25) is 9.59 Å². The zero-order chi connectivity index (χ0) is 17.8. The molecule has 0 aromatic carbocycles. The average molecular weight is 349 g/mol. The van der Waals surface area contributed by atoms with E-state index in [1.165, 1.54) is 0 Å². The van der Waals surface area contributed by atoms with E-state index in [1.807, 2.05) is 16.8 Å². The molecule has 0 unspecified atom stereocenters. The fraction of sp³-hybridized carbons (Fsp3) is 0.667. The number of ether oxygens (including phenoxy) is 1. The molecule has 2 saturated heterocycles. The van der Waals surface area contributed by atoms with Gasteiger partial charge in [-0.15, -0.1) is 0 Å². The number of hydrogen-bond donors (Lipinski definition) is 1. The number of rotatable bonds is 6. The Morgan fingerprint density at radius 2 is 2.24 bits per heavy atom. The third-order valence-electron chi connectivity index (χ3n) is 5.19. The Bertz CT molecular complexity index is 615. The van der Waals surface area contributed by atoms with Gasteiger partial charge in [0.25, 0.3) is 5.91 Å². The first kappa shape index (κ1) is 17.9. The molecule has 7 heteroatoms. The van der Waals surface area contributed by atoms with E-state index in [2.05, 4.69) is 5.32 Å². The zero-order valence-corrected chi connectivity index (χ0v) is 15.0. The first-order valence-electron chi connectivity index (χ1n) is 8.95. The smallest absolute Gasteiger partial charge is 0.289 e. The Labute approximate surface area is 148 Å². The van der Waals surface area contributed by atoms with E-state index in [0.29, 0.717) is 43.6 Å². The van der Waals surface area contributed by atoms with Crippen LogP contribution in [-0.2, 0) is 16.1 Å². The topological polar surface area (TPSA) is 75.0 Å². The summed E-state index contributed by atoms with van der Waals surface area (Å²) >= 11 is 0. The van der Waals surface area contributed by atoms with E-state index in [1.54, 1.807) is 19.2 Å². The lowest BCUT2D eigenvalue weighted by Crippen LogP contribution is -2.57. The maximum Gasteiger partial charge on any atom is 0.289 e. The second-order valence-electron chi connectivity index (χ2n) is 6.80. The fourth-order valence-corrected chi connectivity index (χ4v) is 3.93. The summed E-state index contributed by atoms with van der Waals surface area (Å²) in [7, 11) is 3.49. The van der Waals surface area contributed by atoms with E-state index in [-0.39, 0.29) is 17.9 Å². The molecule has 0 spiro atoms. The number of hydrogen-bond acceptors (Lipinski definition) is 5. The van der Waals surface area contributed by atoms with Crippen molar-refractivity contribution in [1.82, 2.24) is 15.1 Å². The molecule has 25 heavy (non-hydrogen) atoms. The Kier molecular flexibility index (Phi) is 5.75. The molecule has 0 saturated carbocycles. The fourth-order valence-electron chi connectivity index (χ4n) is 3.93. The van der Waals surface area contributed by atoms with Gasteiger partial charge in [-0.05, 0) is 37.9 Å². The summed E-state index contributed by atoms with van der Waals surface area (Å²) in [5.74, 6) is 1.54. The summed E-state index contributed by atoms with van der Waals surface area (Å²) in [5, 5.41) is 3.11. The van der Waals surface area contributed by atoms with Crippen LogP contribution in [-0.4, -0.2) is 68.0 Å². The van der Waals surface area contributed by atoms with E-state index in [4.69, 9.17) is 9.15 Å². The van der Waals surface area contributed by atoms with Crippen molar-refractivity contribution in [2.45, 2.75) is 31.9 Å². The highest BCUT2D eigenvalue weighted by Crippen LogP contribution is 2.31. The molecular weight excluding hydrogens is 322 g/mol. The molecule has 0 aliphatic carbocycles. The number of methoxy groups -OCH3 is 1. The molecule has 2 aliphatic heterocycles. The van der Waals surface area contributed by atoms with Crippen LogP contribution < -0.4 is 5.32 Å². The number of likely N-dealkylation sites (N-methyl/N-ethyl adjacent to an activating group) is 1. The van der Waals surface area contributed by atoms with Crippen LogP contribution in [0.4, 0.5) is 0 Å². The second-order valence-corrected chi connectivity index (χ2v) is 6.80. The maximum absolute atomic E-state index is 12.7. The number of piperidine rings is 2. The lowest BCUT2D eigenvalue weighted by atomic mass is 9.83. The normalized spacial score (nSPS) is 23.7. The number of carbonyl (C=O) groups is 2. The van der Waals surface area contributed by atoms with Gasteiger partial charge in [-0.2, -0.15) is 0 Å². The third kappa shape index (κ3) is 3.88. The Morgan fingerprint density at radius 3 is 3.00 bits per heavy atom. The van der Waals surface area contributed by atoms with Gasteiger partial charge in [-0.25, -0.2) is 0 Å². The molecule has 2 amide bonds. The van der Waals surface area contributed by atoms with Gasteiger partial charge in [-0.1, -0.05) is 0 Å². The lowest BCUT2D eigenvalue weighted by Gasteiger charge is -2.47. The van der Waals surface area contributed by atoms with Crippen LogP contribution in [0.2, 0.25) is 0 Å². The predicted octanol–water partition coefficient (Wildman–Crippen LogP) is 1.10.